The third-order valence-electron chi connectivity index (χ3n) is 5.44. The molecule has 8 nitrogen and oxygen atoms in total. The van der Waals surface area contributed by atoms with E-state index in [-0.39, 0.29) is 22.4 Å². The average molecular weight is 548 g/mol. The molecule has 0 heterocycles. The molecule has 0 atom stereocenters. The van der Waals surface area contributed by atoms with E-state index >= 15 is 0 Å². The molecular formula is C26H27ClFN3O5S. The first-order chi connectivity index (χ1) is 17.6. The number of carbonyl (C=O) groups is 2. The first-order valence-corrected chi connectivity index (χ1v) is 13.4. The third-order valence-corrected chi connectivity index (χ3v) is 7.18. The van der Waals surface area contributed by atoms with Crippen molar-refractivity contribution in [2.24, 2.45) is 0 Å². The number of rotatable bonds is 10. The smallest absolute Gasteiger partial charge is 0.410 e. The molecule has 0 unspecified atom stereocenters. The minimum atomic E-state index is -3.86. The van der Waals surface area contributed by atoms with Gasteiger partial charge in [0.25, 0.3) is 5.91 Å². The second kappa shape index (κ2) is 12.7. The second-order valence-electron chi connectivity index (χ2n) is 7.94. The Kier molecular flexibility index (Phi) is 9.62. The summed E-state index contributed by atoms with van der Waals surface area (Å²) in [4.78, 5) is 26.1. The summed E-state index contributed by atoms with van der Waals surface area (Å²) in [5.74, 6) is -0.720. The number of halogens is 2. The van der Waals surface area contributed by atoms with Gasteiger partial charge in [-0.2, -0.15) is 0 Å². The van der Waals surface area contributed by atoms with Crippen LogP contribution in [0.2, 0.25) is 5.02 Å². The van der Waals surface area contributed by atoms with Crippen LogP contribution in [0.5, 0.6) is 5.75 Å². The largest absolute Gasteiger partial charge is 0.415 e. The number of sulfonamides is 1. The van der Waals surface area contributed by atoms with Gasteiger partial charge in [0, 0.05) is 30.9 Å². The zero-order valence-electron chi connectivity index (χ0n) is 20.3. The molecule has 3 aromatic rings. The number of hydrogen-bond acceptors (Lipinski definition) is 5. The van der Waals surface area contributed by atoms with Crippen LogP contribution in [0.3, 0.4) is 0 Å². The molecule has 0 radical (unpaired) electrons. The van der Waals surface area contributed by atoms with Crippen molar-refractivity contribution < 1.29 is 27.1 Å². The molecule has 0 aliphatic rings. The molecule has 0 aliphatic carbocycles. The number of nitrogens with zero attached hydrogens (tertiary/aromatic N) is 1. The van der Waals surface area contributed by atoms with E-state index in [0.717, 1.165) is 23.8 Å². The molecule has 3 rings (SSSR count). The molecule has 0 spiro atoms. The Morgan fingerprint density at radius 3 is 2.35 bits per heavy atom. The number of nitrogens with one attached hydrogen (secondary N) is 2. The van der Waals surface area contributed by atoms with Crippen LogP contribution in [-0.2, 0) is 16.4 Å². The van der Waals surface area contributed by atoms with Gasteiger partial charge in [-0.3, -0.25) is 4.79 Å². The van der Waals surface area contributed by atoms with E-state index in [0.29, 0.717) is 36.5 Å². The molecule has 0 saturated carbocycles. The molecule has 3 aromatic carbocycles. The van der Waals surface area contributed by atoms with Gasteiger partial charge in [-0.1, -0.05) is 23.7 Å². The summed E-state index contributed by atoms with van der Waals surface area (Å²) in [5.41, 5.74) is 1.70. The SMILES string of the molecule is CCN(CC)C(=O)Oc1ccc(C(=O)Nc2cccc(CCNS(=O)(=O)c3ccc(F)c(Cl)c3)c2)cc1. The Labute approximate surface area is 220 Å². The van der Waals surface area contributed by atoms with Gasteiger partial charge in [0.05, 0.1) is 9.92 Å². The van der Waals surface area contributed by atoms with Crippen LogP contribution in [0.4, 0.5) is 14.9 Å². The van der Waals surface area contributed by atoms with Crippen molar-refractivity contribution in [1.82, 2.24) is 9.62 Å². The molecule has 2 amide bonds. The molecule has 11 heteroatoms. The zero-order chi connectivity index (χ0) is 27.0. The minimum absolute atomic E-state index is 0.0857. The summed E-state index contributed by atoms with van der Waals surface area (Å²) in [6.45, 7) is 4.86. The lowest BCUT2D eigenvalue weighted by molar-refractivity contribution is 0.102. The van der Waals surface area contributed by atoms with Crippen LogP contribution in [0.1, 0.15) is 29.8 Å². The van der Waals surface area contributed by atoms with Gasteiger partial charge in [-0.15, -0.1) is 0 Å². The van der Waals surface area contributed by atoms with Crippen LogP contribution in [0.15, 0.2) is 71.6 Å². The van der Waals surface area contributed by atoms with E-state index in [1.165, 1.54) is 4.90 Å². The molecule has 196 valence electrons. The molecule has 0 saturated heterocycles. The van der Waals surface area contributed by atoms with Crippen LogP contribution in [-0.4, -0.2) is 45.0 Å². The van der Waals surface area contributed by atoms with Gasteiger partial charge in [-0.05, 0) is 80.4 Å². The van der Waals surface area contributed by atoms with Gasteiger partial charge in [0.1, 0.15) is 11.6 Å². The number of anilines is 1. The Morgan fingerprint density at radius 2 is 1.70 bits per heavy atom. The highest BCUT2D eigenvalue weighted by Crippen LogP contribution is 2.20. The summed E-state index contributed by atoms with van der Waals surface area (Å²) in [5, 5.41) is 2.52. The second-order valence-corrected chi connectivity index (χ2v) is 10.1. The third kappa shape index (κ3) is 7.75. The lowest BCUT2D eigenvalue weighted by Gasteiger charge is -2.17. The minimum Gasteiger partial charge on any atom is -0.410 e. The monoisotopic (exact) mass is 547 g/mol. The molecule has 0 bridgehead atoms. The number of carbonyl (C=O) groups excluding carboxylic acids is 2. The van der Waals surface area contributed by atoms with Crippen molar-refractivity contribution in [3.8, 4) is 5.75 Å². The van der Waals surface area contributed by atoms with Crippen LogP contribution in [0.25, 0.3) is 0 Å². The first-order valence-electron chi connectivity index (χ1n) is 11.5. The molecular weight excluding hydrogens is 521 g/mol. The summed E-state index contributed by atoms with van der Waals surface area (Å²) >= 11 is 5.68. The van der Waals surface area contributed by atoms with E-state index in [4.69, 9.17) is 16.3 Å². The summed E-state index contributed by atoms with van der Waals surface area (Å²) in [7, 11) is -3.86. The van der Waals surface area contributed by atoms with Crippen molar-refractivity contribution >= 4 is 39.3 Å². The highest BCUT2D eigenvalue weighted by molar-refractivity contribution is 7.89. The van der Waals surface area contributed by atoms with Crippen molar-refractivity contribution in [3.05, 3.63) is 88.7 Å². The average Bonchev–Trinajstić information content (AvgIpc) is 2.87. The summed E-state index contributed by atoms with van der Waals surface area (Å²) in [6, 6.07) is 16.4. The Bertz CT molecular complexity index is 1360. The van der Waals surface area contributed by atoms with Gasteiger partial charge in [-0.25, -0.2) is 22.3 Å². The van der Waals surface area contributed by atoms with E-state index in [9.17, 15) is 22.4 Å². The maximum Gasteiger partial charge on any atom is 0.415 e. The standard InChI is InChI=1S/C26H27ClFN3O5S/c1-3-31(4-2)26(33)36-21-10-8-19(9-11-21)25(32)30-20-7-5-6-18(16-20)14-15-29-37(34,35)22-12-13-24(28)23(27)17-22/h5-13,16-17,29H,3-4,14-15H2,1-2H3,(H,30,32). The normalized spacial score (nSPS) is 11.1. The Hall–Kier alpha value is -3.47. The fourth-order valence-electron chi connectivity index (χ4n) is 3.39. The first kappa shape index (κ1) is 28.1. The van der Waals surface area contributed by atoms with Crippen molar-refractivity contribution in [3.63, 3.8) is 0 Å². The van der Waals surface area contributed by atoms with E-state index < -0.39 is 21.9 Å². The molecule has 0 fully saturated rings. The molecule has 0 aliphatic heterocycles. The van der Waals surface area contributed by atoms with Crippen LogP contribution < -0.4 is 14.8 Å². The number of hydrogen-bond donors (Lipinski definition) is 2. The highest BCUT2D eigenvalue weighted by Gasteiger charge is 2.16. The maximum absolute atomic E-state index is 13.3. The fraction of sp³-hybridized carbons (Fsp3) is 0.231. The zero-order valence-corrected chi connectivity index (χ0v) is 21.9. The molecule has 0 aromatic heterocycles. The van der Waals surface area contributed by atoms with Gasteiger partial charge in [0.2, 0.25) is 10.0 Å². The van der Waals surface area contributed by atoms with Gasteiger partial charge >= 0.3 is 6.09 Å². The van der Waals surface area contributed by atoms with Gasteiger partial charge < -0.3 is 15.0 Å². The number of ether oxygens (including phenoxy) is 1. The lowest BCUT2D eigenvalue weighted by atomic mass is 10.1. The summed E-state index contributed by atoms with van der Waals surface area (Å²) < 4.78 is 45.9. The van der Waals surface area contributed by atoms with E-state index in [1.54, 1.807) is 48.5 Å². The topological polar surface area (TPSA) is 105 Å². The van der Waals surface area contributed by atoms with Crippen LogP contribution >= 0.6 is 11.6 Å². The molecule has 37 heavy (non-hydrogen) atoms. The Morgan fingerprint density at radius 1 is 1.00 bits per heavy atom. The maximum atomic E-state index is 13.3. The highest BCUT2D eigenvalue weighted by atomic mass is 35.5. The van der Waals surface area contributed by atoms with Crippen molar-refractivity contribution in [2.45, 2.75) is 25.2 Å². The fourth-order valence-corrected chi connectivity index (χ4v) is 4.69. The number of benzene rings is 3. The Balaban J connectivity index is 1.56. The summed E-state index contributed by atoms with van der Waals surface area (Å²) in [6.07, 6.45) is -0.104. The van der Waals surface area contributed by atoms with Crippen molar-refractivity contribution in [1.29, 1.82) is 0 Å². The quantitative estimate of drug-likeness (QED) is 0.368. The van der Waals surface area contributed by atoms with E-state index in [2.05, 4.69) is 10.0 Å². The van der Waals surface area contributed by atoms with Crippen LogP contribution in [0, 0.1) is 5.82 Å². The van der Waals surface area contributed by atoms with E-state index in [1.807, 2.05) is 13.8 Å². The van der Waals surface area contributed by atoms with Gasteiger partial charge in [0.15, 0.2) is 0 Å². The number of amides is 2. The predicted molar refractivity (Wildman–Crippen MR) is 140 cm³/mol. The lowest BCUT2D eigenvalue weighted by Crippen LogP contribution is -2.33. The molecule has 2 N–H and O–H groups in total. The van der Waals surface area contributed by atoms with Crippen molar-refractivity contribution in [2.75, 3.05) is 25.0 Å². The predicted octanol–water partition coefficient (Wildman–Crippen LogP) is 5.09.